The number of hydrogen-bond donors (Lipinski definition) is 0. The van der Waals surface area contributed by atoms with E-state index in [1.807, 2.05) is 54.6 Å². The summed E-state index contributed by atoms with van der Waals surface area (Å²) in [7, 11) is -3.41. The number of sulfonamides is 1. The van der Waals surface area contributed by atoms with Gasteiger partial charge in [0.05, 0.1) is 6.54 Å². The van der Waals surface area contributed by atoms with Crippen LogP contribution in [0.4, 0.5) is 0 Å². The fourth-order valence-corrected chi connectivity index (χ4v) is 4.31. The molecule has 2 heterocycles. The quantitative estimate of drug-likeness (QED) is 0.678. The van der Waals surface area contributed by atoms with Gasteiger partial charge >= 0.3 is 0 Å². The van der Waals surface area contributed by atoms with Crippen LogP contribution in [-0.2, 0) is 16.6 Å². The maximum absolute atomic E-state index is 12.5. The van der Waals surface area contributed by atoms with Gasteiger partial charge in [-0.25, -0.2) is 13.4 Å². The highest BCUT2D eigenvalue weighted by molar-refractivity contribution is 7.92. The van der Waals surface area contributed by atoms with E-state index in [9.17, 15) is 8.42 Å². The molecule has 0 unspecified atom stereocenters. The number of para-hydroxylation sites is 2. The minimum Gasteiger partial charge on any atom is -0.439 e. The summed E-state index contributed by atoms with van der Waals surface area (Å²) in [5.41, 5.74) is 2.50. The van der Waals surface area contributed by atoms with Crippen LogP contribution in [0.25, 0.3) is 17.2 Å². The van der Waals surface area contributed by atoms with Gasteiger partial charge in [0, 0.05) is 31.6 Å². The largest absolute Gasteiger partial charge is 0.439 e. The van der Waals surface area contributed by atoms with Crippen LogP contribution in [0.15, 0.2) is 64.4 Å². The third kappa shape index (κ3) is 4.27. The Bertz CT molecular complexity index is 1000. The van der Waals surface area contributed by atoms with E-state index in [4.69, 9.17) is 4.42 Å². The van der Waals surface area contributed by atoms with Crippen molar-refractivity contribution in [2.45, 2.75) is 6.54 Å². The van der Waals surface area contributed by atoms with E-state index in [1.165, 1.54) is 9.71 Å². The predicted octanol–water partition coefficient (Wildman–Crippen LogP) is 2.95. The monoisotopic (exact) mass is 383 g/mol. The number of fused-ring (bicyclic) bond motifs is 1. The van der Waals surface area contributed by atoms with Crippen molar-refractivity contribution in [3.63, 3.8) is 0 Å². The van der Waals surface area contributed by atoms with Gasteiger partial charge in [-0.15, -0.1) is 0 Å². The average molecular weight is 383 g/mol. The van der Waals surface area contributed by atoms with Crippen LogP contribution in [0.2, 0.25) is 0 Å². The number of rotatable bonds is 5. The summed E-state index contributed by atoms with van der Waals surface area (Å²) in [6.45, 7) is 2.81. The molecule has 0 atom stereocenters. The second-order valence-corrected chi connectivity index (χ2v) is 8.33. The first-order valence-electron chi connectivity index (χ1n) is 8.90. The lowest BCUT2D eigenvalue weighted by Gasteiger charge is -2.32. The van der Waals surface area contributed by atoms with Crippen LogP contribution < -0.4 is 0 Å². The summed E-state index contributed by atoms with van der Waals surface area (Å²) in [5.74, 6) is 0.663. The predicted molar refractivity (Wildman–Crippen MR) is 105 cm³/mol. The van der Waals surface area contributed by atoms with E-state index in [-0.39, 0.29) is 0 Å². The van der Waals surface area contributed by atoms with Gasteiger partial charge in [-0.3, -0.25) is 4.90 Å². The Kier molecular flexibility index (Phi) is 5.07. The van der Waals surface area contributed by atoms with Crippen LogP contribution in [0.1, 0.15) is 11.5 Å². The van der Waals surface area contributed by atoms with Gasteiger partial charge in [0.25, 0.3) is 0 Å². The Morgan fingerprint density at radius 3 is 2.41 bits per heavy atom. The van der Waals surface area contributed by atoms with Crippen molar-refractivity contribution in [3.8, 4) is 0 Å². The van der Waals surface area contributed by atoms with Gasteiger partial charge < -0.3 is 4.42 Å². The summed E-state index contributed by atoms with van der Waals surface area (Å²) < 4.78 is 32.3. The highest BCUT2D eigenvalue weighted by atomic mass is 32.2. The van der Waals surface area contributed by atoms with Gasteiger partial charge in [0.15, 0.2) is 5.58 Å². The lowest BCUT2D eigenvalue weighted by Crippen LogP contribution is -2.47. The van der Waals surface area contributed by atoms with Gasteiger partial charge in [-0.1, -0.05) is 42.5 Å². The van der Waals surface area contributed by atoms with Crippen LogP contribution >= 0.6 is 0 Å². The van der Waals surface area contributed by atoms with Crippen LogP contribution in [0.3, 0.4) is 0 Å². The van der Waals surface area contributed by atoms with Crippen molar-refractivity contribution >= 4 is 27.2 Å². The molecule has 0 radical (unpaired) electrons. The highest BCUT2D eigenvalue weighted by Crippen LogP contribution is 2.17. The zero-order chi connectivity index (χ0) is 18.7. The second-order valence-electron chi connectivity index (χ2n) is 6.51. The van der Waals surface area contributed by atoms with Gasteiger partial charge in [0.1, 0.15) is 5.52 Å². The van der Waals surface area contributed by atoms with E-state index >= 15 is 0 Å². The number of piperazine rings is 1. The van der Waals surface area contributed by atoms with E-state index in [1.54, 1.807) is 6.08 Å². The number of aromatic nitrogens is 1. The van der Waals surface area contributed by atoms with E-state index in [0.29, 0.717) is 38.6 Å². The summed E-state index contributed by atoms with van der Waals surface area (Å²) >= 11 is 0. The minimum atomic E-state index is -3.41. The van der Waals surface area contributed by atoms with Crippen LogP contribution in [0, 0.1) is 0 Å². The topological polar surface area (TPSA) is 66.7 Å². The van der Waals surface area contributed by atoms with Crippen molar-refractivity contribution in [1.29, 1.82) is 0 Å². The number of oxazole rings is 1. The Morgan fingerprint density at radius 1 is 0.963 bits per heavy atom. The molecule has 1 aromatic heterocycles. The molecule has 1 saturated heterocycles. The third-order valence-corrected chi connectivity index (χ3v) is 6.19. The number of benzene rings is 2. The molecule has 0 N–H and O–H groups in total. The summed E-state index contributed by atoms with van der Waals surface area (Å²) in [6, 6.07) is 17.1. The Hall–Kier alpha value is -2.48. The van der Waals surface area contributed by atoms with E-state index in [0.717, 1.165) is 16.7 Å². The molecule has 7 heteroatoms. The molecule has 6 nitrogen and oxygen atoms in total. The molecule has 0 amide bonds. The minimum absolute atomic E-state index is 0.460. The van der Waals surface area contributed by atoms with Crippen molar-refractivity contribution in [1.82, 2.24) is 14.2 Å². The second kappa shape index (κ2) is 7.64. The SMILES string of the molecule is O=S(=O)(C=Cc1ccccc1)N1CCN(Cc2nc3ccccc3o2)CC1. The fraction of sp³-hybridized carbons (Fsp3) is 0.250. The first-order chi connectivity index (χ1) is 13.1. The highest BCUT2D eigenvalue weighted by Gasteiger charge is 2.25. The third-order valence-electron chi connectivity index (χ3n) is 4.62. The molecule has 0 spiro atoms. The van der Waals surface area contributed by atoms with Crippen molar-refractivity contribution in [2.75, 3.05) is 26.2 Å². The lowest BCUT2D eigenvalue weighted by molar-refractivity contribution is 0.170. The molecule has 4 rings (SSSR count). The van der Waals surface area contributed by atoms with Gasteiger partial charge in [-0.05, 0) is 23.8 Å². The van der Waals surface area contributed by atoms with Gasteiger partial charge in [-0.2, -0.15) is 4.31 Å². The summed E-state index contributed by atoms with van der Waals surface area (Å²) in [6.07, 6.45) is 1.64. The molecule has 140 valence electrons. The standard InChI is InChI=1S/C20H21N3O3S/c24-27(25,15-10-17-6-2-1-3-7-17)23-13-11-22(12-14-23)16-20-21-18-8-4-5-9-19(18)26-20/h1-10,15H,11-14,16H2. The Labute approximate surface area is 158 Å². The molecule has 1 aliphatic rings. The normalized spacial score (nSPS) is 17.0. The zero-order valence-corrected chi connectivity index (χ0v) is 15.7. The first-order valence-corrected chi connectivity index (χ1v) is 10.4. The summed E-state index contributed by atoms with van der Waals surface area (Å²) in [4.78, 5) is 6.65. The molecular formula is C20H21N3O3S. The molecule has 0 bridgehead atoms. The van der Waals surface area contributed by atoms with Crippen molar-refractivity contribution < 1.29 is 12.8 Å². The molecule has 1 aliphatic heterocycles. The van der Waals surface area contributed by atoms with E-state index in [2.05, 4.69) is 9.88 Å². The zero-order valence-electron chi connectivity index (χ0n) is 14.9. The van der Waals surface area contributed by atoms with Crippen LogP contribution in [-0.4, -0.2) is 48.8 Å². The smallest absolute Gasteiger partial charge is 0.236 e. The molecule has 3 aromatic rings. The molecule has 2 aromatic carbocycles. The van der Waals surface area contributed by atoms with Gasteiger partial charge in [0.2, 0.25) is 15.9 Å². The average Bonchev–Trinajstić information content (AvgIpc) is 3.10. The maximum atomic E-state index is 12.5. The summed E-state index contributed by atoms with van der Waals surface area (Å²) in [5, 5.41) is 1.29. The van der Waals surface area contributed by atoms with E-state index < -0.39 is 10.0 Å². The Morgan fingerprint density at radius 2 is 1.67 bits per heavy atom. The fourth-order valence-electron chi connectivity index (χ4n) is 3.14. The number of nitrogens with zero attached hydrogens (tertiary/aromatic N) is 3. The molecule has 0 aliphatic carbocycles. The first kappa shape index (κ1) is 17.9. The van der Waals surface area contributed by atoms with Crippen LogP contribution in [0.5, 0.6) is 0 Å². The van der Waals surface area contributed by atoms with Crippen molar-refractivity contribution in [2.24, 2.45) is 0 Å². The number of hydrogen-bond acceptors (Lipinski definition) is 5. The molecular weight excluding hydrogens is 362 g/mol. The molecule has 1 fully saturated rings. The Balaban J connectivity index is 1.36. The maximum Gasteiger partial charge on any atom is 0.236 e. The van der Waals surface area contributed by atoms with Crippen molar-refractivity contribution in [3.05, 3.63) is 71.5 Å². The molecule has 0 saturated carbocycles. The molecule has 27 heavy (non-hydrogen) atoms. The lowest BCUT2D eigenvalue weighted by atomic mass is 10.2.